The summed E-state index contributed by atoms with van der Waals surface area (Å²) < 4.78 is 11.4. The Bertz CT molecular complexity index is 630. The van der Waals surface area contributed by atoms with E-state index in [0.29, 0.717) is 17.1 Å². The van der Waals surface area contributed by atoms with Crippen molar-refractivity contribution < 1.29 is 19.4 Å². The Balaban J connectivity index is 2.15. The fourth-order valence-electron chi connectivity index (χ4n) is 1.63. The third-order valence-electron chi connectivity index (χ3n) is 2.62. The van der Waals surface area contributed by atoms with E-state index >= 15 is 0 Å². The Labute approximate surface area is 124 Å². The summed E-state index contributed by atoms with van der Waals surface area (Å²) in [6, 6.07) is 8.64. The van der Waals surface area contributed by atoms with Crippen LogP contribution in [-0.4, -0.2) is 23.2 Å². The number of hydrogen-bond donors (Lipinski definition) is 1. The van der Waals surface area contributed by atoms with Crippen LogP contribution in [0.3, 0.4) is 0 Å². The Morgan fingerprint density at radius 1 is 1.40 bits per heavy atom. The molecule has 0 aliphatic rings. The standard InChI is InChI=1S/C14H12BrNO4/c1-19-10-4-5-12(11(15)7-10)20-8-9-3-2-6-16-13(9)14(17)18/h2-7H,8H2,1H3,(H,17,18). The molecule has 5 nitrogen and oxygen atoms in total. The lowest BCUT2D eigenvalue weighted by Gasteiger charge is -2.10. The first-order chi connectivity index (χ1) is 9.61. The Kier molecular flexibility index (Phi) is 4.57. The van der Waals surface area contributed by atoms with Crippen molar-refractivity contribution in [2.45, 2.75) is 6.61 Å². The molecule has 1 N–H and O–H groups in total. The lowest BCUT2D eigenvalue weighted by Crippen LogP contribution is -2.08. The minimum atomic E-state index is -1.07. The molecule has 0 fully saturated rings. The number of halogens is 1. The van der Waals surface area contributed by atoms with Crippen LogP contribution in [0.25, 0.3) is 0 Å². The highest BCUT2D eigenvalue weighted by atomic mass is 79.9. The summed E-state index contributed by atoms with van der Waals surface area (Å²) in [5, 5.41) is 9.04. The van der Waals surface area contributed by atoms with Gasteiger partial charge in [0, 0.05) is 11.8 Å². The Hall–Kier alpha value is -2.08. The van der Waals surface area contributed by atoms with Gasteiger partial charge in [0.05, 0.1) is 11.6 Å². The monoisotopic (exact) mass is 337 g/mol. The molecule has 2 aromatic rings. The van der Waals surface area contributed by atoms with E-state index in [9.17, 15) is 4.79 Å². The van der Waals surface area contributed by atoms with Gasteiger partial charge in [-0.1, -0.05) is 6.07 Å². The van der Waals surface area contributed by atoms with Gasteiger partial charge in [0.25, 0.3) is 0 Å². The number of rotatable bonds is 5. The quantitative estimate of drug-likeness (QED) is 0.907. The van der Waals surface area contributed by atoms with Crippen LogP contribution in [0.5, 0.6) is 11.5 Å². The van der Waals surface area contributed by atoms with E-state index < -0.39 is 5.97 Å². The summed E-state index contributed by atoms with van der Waals surface area (Å²) in [7, 11) is 1.58. The molecule has 1 aromatic heterocycles. The van der Waals surface area contributed by atoms with Gasteiger partial charge in [-0.3, -0.25) is 0 Å². The largest absolute Gasteiger partial charge is 0.497 e. The number of benzene rings is 1. The second kappa shape index (κ2) is 6.38. The molecule has 104 valence electrons. The zero-order chi connectivity index (χ0) is 14.5. The number of nitrogens with zero attached hydrogens (tertiary/aromatic N) is 1. The Morgan fingerprint density at radius 2 is 2.20 bits per heavy atom. The highest BCUT2D eigenvalue weighted by molar-refractivity contribution is 9.10. The van der Waals surface area contributed by atoms with E-state index in [1.165, 1.54) is 6.20 Å². The number of hydrogen-bond acceptors (Lipinski definition) is 4. The maximum Gasteiger partial charge on any atom is 0.354 e. The fourth-order valence-corrected chi connectivity index (χ4v) is 2.10. The van der Waals surface area contributed by atoms with Gasteiger partial charge < -0.3 is 14.6 Å². The molecule has 0 aliphatic carbocycles. The van der Waals surface area contributed by atoms with E-state index in [2.05, 4.69) is 20.9 Å². The third-order valence-corrected chi connectivity index (χ3v) is 3.24. The number of carbonyl (C=O) groups is 1. The third kappa shape index (κ3) is 3.27. The van der Waals surface area contributed by atoms with Crippen LogP contribution in [0.1, 0.15) is 16.1 Å². The molecule has 6 heteroatoms. The molecule has 20 heavy (non-hydrogen) atoms. The highest BCUT2D eigenvalue weighted by Crippen LogP contribution is 2.29. The van der Waals surface area contributed by atoms with Crippen molar-refractivity contribution in [3.05, 3.63) is 52.3 Å². The lowest BCUT2D eigenvalue weighted by molar-refractivity contribution is 0.0687. The Morgan fingerprint density at radius 3 is 2.85 bits per heavy atom. The van der Waals surface area contributed by atoms with Gasteiger partial charge in [-0.25, -0.2) is 9.78 Å². The molecule has 0 aliphatic heterocycles. The first-order valence-electron chi connectivity index (χ1n) is 5.75. The van der Waals surface area contributed by atoms with Crippen LogP contribution in [-0.2, 0) is 6.61 Å². The number of aromatic carboxylic acids is 1. The van der Waals surface area contributed by atoms with E-state index in [1.807, 2.05) is 0 Å². The number of methoxy groups -OCH3 is 1. The topological polar surface area (TPSA) is 68.7 Å². The molecule has 0 spiro atoms. The molecule has 1 heterocycles. The van der Waals surface area contributed by atoms with Crippen LogP contribution in [0.2, 0.25) is 0 Å². The summed E-state index contributed by atoms with van der Waals surface area (Å²) in [4.78, 5) is 14.9. The van der Waals surface area contributed by atoms with Crippen LogP contribution < -0.4 is 9.47 Å². The van der Waals surface area contributed by atoms with Crippen LogP contribution in [0.15, 0.2) is 41.0 Å². The predicted octanol–water partition coefficient (Wildman–Crippen LogP) is 3.13. The smallest absolute Gasteiger partial charge is 0.354 e. The molecule has 0 atom stereocenters. The number of ether oxygens (including phenoxy) is 2. The molecule has 0 radical (unpaired) electrons. The van der Waals surface area contributed by atoms with Crippen LogP contribution >= 0.6 is 15.9 Å². The molecule has 0 bridgehead atoms. The zero-order valence-electron chi connectivity index (χ0n) is 10.7. The summed E-state index contributed by atoms with van der Waals surface area (Å²) in [5.74, 6) is 0.237. The lowest BCUT2D eigenvalue weighted by atomic mass is 10.2. The number of carboxylic acids is 1. The van der Waals surface area contributed by atoms with Gasteiger partial charge >= 0.3 is 5.97 Å². The van der Waals surface area contributed by atoms with Crippen molar-refractivity contribution in [2.24, 2.45) is 0 Å². The van der Waals surface area contributed by atoms with Gasteiger partial charge in [-0.2, -0.15) is 0 Å². The van der Waals surface area contributed by atoms with Crippen molar-refractivity contribution in [3.63, 3.8) is 0 Å². The van der Waals surface area contributed by atoms with Crippen molar-refractivity contribution in [1.29, 1.82) is 0 Å². The van der Waals surface area contributed by atoms with Crippen LogP contribution in [0, 0.1) is 0 Å². The summed E-state index contributed by atoms with van der Waals surface area (Å²) in [6.45, 7) is 0.125. The van der Waals surface area contributed by atoms with Gasteiger partial charge in [0.2, 0.25) is 0 Å². The molecule has 1 aromatic carbocycles. The van der Waals surface area contributed by atoms with Crippen molar-refractivity contribution >= 4 is 21.9 Å². The van der Waals surface area contributed by atoms with Gasteiger partial charge in [-0.05, 0) is 40.2 Å². The molecule has 0 saturated carbocycles. The van der Waals surface area contributed by atoms with Gasteiger partial charge in [0.15, 0.2) is 5.69 Å². The normalized spacial score (nSPS) is 10.1. The predicted molar refractivity (Wildman–Crippen MR) is 76.2 cm³/mol. The van der Waals surface area contributed by atoms with E-state index in [4.69, 9.17) is 14.6 Å². The molecular formula is C14H12BrNO4. The summed E-state index contributed by atoms with van der Waals surface area (Å²) in [6.07, 6.45) is 1.44. The van der Waals surface area contributed by atoms with Crippen molar-refractivity contribution in [1.82, 2.24) is 4.98 Å². The first-order valence-corrected chi connectivity index (χ1v) is 6.54. The summed E-state index contributed by atoms with van der Waals surface area (Å²) in [5.41, 5.74) is 0.514. The maximum absolute atomic E-state index is 11.0. The number of aromatic nitrogens is 1. The van der Waals surface area contributed by atoms with Gasteiger partial charge in [-0.15, -0.1) is 0 Å². The maximum atomic E-state index is 11.0. The van der Waals surface area contributed by atoms with E-state index in [-0.39, 0.29) is 12.3 Å². The average molecular weight is 338 g/mol. The number of pyridine rings is 1. The SMILES string of the molecule is COc1ccc(OCc2cccnc2C(=O)O)c(Br)c1. The number of carboxylic acid groups (broad SMARTS) is 1. The zero-order valence-corrected chi connectivity index (χ0v) is 12.3. The van der Waals surface area contributed by atoms with Crippen molar-refractivity contribution in [2.75, 3.05) is 7.11 Å². The van der Waals surface area contributed by atoms with E-state index in [1.54, 1.807) is 37.4 Å². The molecule has 2 rings (SSSR count). The summed E-state index contributed by atoms with van der Waals surface area (Å²) >= 11 is 3.37. The van der Waals surface area contributed by atoms with Gasteiger partial charge in [0.1, 0.15) is 18.1 Å². The van der Waals surface area contributed by atoms with Crippen molar-refractivity contribution in [3.8, 4) is 11.5 Å². The highest BCUT2D eigenvalue weighted by Gasteiger charge is 2.12. The molecule has 0 saturated heterocycles. The second-order valence-corrected chi connectivity index (χ2v) is 4.76. The fraction of sp³-hybridized carbons (Fsp3) is 0.143. The molecular weight excluding hydrogens is 326 g/mol. The first kappa shape index (κ1) is 14.3. The van der Waals surface area contributed by atoms with Crippen LogP contribution in [0.4, 0.5) is 0 Å². The second-order valence-electron chi connectivity index (χ2n) is 3.90. The average Bonchev–Trinajstić information content (AvgIpc) is 2.46. The molecule has 0 unspecified atom stereocenters. The molecule has 0 amide bonds. The minimum absolute atomic E-state index is 0.00265. The minimum Gasteiger partial charge on any atom is -0.497 e. The van der Waals surface area contributed by atoms with E-state index in [0.717, 1.165) is 4.47 Å².